The number of aromatic amines is 1. The van der Waals surface area contributed by atoms with E-state index in [-0.39, 0.29) is 17.0 Å². The lowest BCUT2D eigenvalue weighted by Crippen LogP contribution is -2.41. The molecule has 0 spiro atoms. The van der Waals surface area contributed by atoms with Crippen LogP contribution in [0.15, 0.2) is 17.1 Å². The van der Waals surface area contributed by atoms with Gasteiger partial charge in [-0.3, -0.25) is 9.78 Å². The van der Waals surface area contributed by atoms with Crippen molar-refractivity contribution in [2.75, 3.05) is 12.3 Å². The Labute approximate surface area is 138 Å². The number of ether oxygens (including phenoxy) is 1. The number of fused-ring (bicyclic) bond motifs is 1. The number of alkyl halides is 1. The maximum Gasteiger partial charge on any atom is 0.261 e. The normalized spacial score (nSPS) is 32.3. The van der Waals surface area contributed by atoms with Gasteiger partial charge >= 0.3 is 0 Å². The van der Waals surface area contributed by atoms with E-state index in [1.165, 1.54) is 23.8 Å². The van der Waals surface area contributed by atoms with Crippen LogP contribution in [0.5, 0.6) is 0 Å². The van der Waals surface area contributed by atoms with E-state index in [1.807, 2.05) is 0 Å². The number of nitrogens with one attached hydrogen (secondary N) is 1. The lowest BCUT2D eigenvalue weighted by molar-refractivity contribution is -0.0435. The molecule has 3 heterocycles. The maximum atomic E-state index is 12.0. The number of halogens is 1. The van der Waals surface area contributed by atoms with Crippen molar-refractivity contribution in [3.63, 3.8) is 0 Å². The van der Waals surface area contributed by atoms with Crippen molar-refractivity contribution in [2.24, 2.45) is 0 Å². The van der Waals surface area contributed by atoms with Gasteiger partial charge in [0.25, 0.3) is 5.56 Å². The van der Waals surface area contributed by atoms with Crippen LogP contribution < -0.4 is 11.3 Å². The average molecular weight is 341 g/mol. The van der Waals surface area contributed by atoms with E-state index in [2.05, 4.69) is 21.8 Å². The third-order valence-electron chi connectivity index (χ3n) is 3.65. The Kier molecular flexibility index (Phi) is 3.23. The molecule has 0 radical (unpaired) electrons. The fraction of sp³-hybridized carbons (Fsp3) is 0.429. The summed E-state index contributed by atoms with van der Waals surface area (Å²) in [5.74, 6) is 5.03. The summed E-state index contributed by atoms with van der Waals surface area (Å²) in [7, 11) is 0. The highest BCUT2D eigenvalue weighted by molar-refractivity contribution is 6.27. The Morgan fingerprint density at radius 3 is 3.13 bits per heavy atom. The Morgan fingerprint density at radius 2 is 2.48 bits per heavy atom. The molecule has 4 atom stereocenters. The van der Waals surface area contributed by atoms with Gasteiger partial charge in [0, 0.05) is 6.20 Å². The van der Waals surface area contributed by atoms with E-state index >= 15 is 0 Å². The molecule has 2 aromatic heterocycles. The van der Waals surface area contributed by atoms with Crippen molar-refractivity contribution in [2.45, 2.75) is 30.2 Å². The van der Waals surface area contributed by atoms with Crippen LogP contribution in [0.4, 0.5) is 5.95 Å². The van der Waals surface area contributed by atoms with Crippen molar-refractivity contribution in [1.82, 2.24) is 14.5 Å². The van der Waals surface area contributed by atoms with Gasteiger partial charge in [-0.2, -0.15) is 4.98 Å². The molecule has 0 bridgehead atoms. The highest BCUT2D eigenvalue weighted by Gasteiger charge is 2.55. The quantitative estimate of drug-likeness (QED) is 0.433. The zero-order valence-electron chi connectivity index (χ0n) is 13.9. The summed E-state index contributed by atoms with van der Waals surface area (Å²) in [5, 5.41) is 20.3. The lowest BCUT2D eigenvalue weighted by atomic mass is 9.99. The van der Waals surface area contributed by atoms with Crippen LogP contribution in [0.1, 0.15) is 15.9 Å². The van der Waals surface area contributed by atoms with E-state index in [0.29, 0.717) is 0 Å². The summed E-state index contributed by atoms with van der Waals surface area (Å²) in [6, 6.07) is 1.45. The van der Waals surface area contributed by atoms with Crippen molar-refractivity contribution in [3.8, 4) is 11.8 Å². The Morgan fingerprint density at radius 1 is 1.74 bits per heavy atom. The highest BCUT2D eigenvalue weighted by atomic mass is 35.5. The van der Waals surface area contributed by atoms with E-state index in [0.717, 1.165) is 0 Å². The molecule has 1 fully saturated rings. The lowest BCUT2D eigenvalue weighted by Gasteiger charge is -2.25. The SMILES string of the molecule is [2H]C([2H])(O)[C@H]1O[C@@H](n2ccc3c(=O)[nH]c(N)nc32)C(Cl)(C#CC)[C@H]1O. The van der Waals surface area contributed by atoms with Gasteiger partial charge in [0.2, 0.25) is 5.95 Å². The molecule has 2 aromatic rings. The topological polar surface area (TPSA) is 126 Å². The number of anilines is 1. The monoisotopic (exact) mass is 340 g/mol. The molecule has 23 heavy (non-hydrogen) atoms. The van der Waals surface area contributed by atoms with Gasteiger partial charge in [-0.1, -0.05) is 17.5 Å². The molecule has 0 amide bonds. The first-order valence-electron chi connectivity index (χ1n) is 7.64. The maximum absolute atomic E-state index is 12.0. The molecular weight excluding hydrogens is 324 g/mol. The van der Waals surface area contributed by atoms with Crippen LogP contribution in [0, 0.1) is 11.8 Å². The van der Waals surface area contributed by atoms with Gasteiger partial charge in [0.1, 0.15) is 12.2 Å². The summed E-state index contributed by atoms with van der Waals surface area (Å²) in [6.45, 7) is -1.37. The fourth-order valence-electron chi connectivity index (χ4n) is 2.62. The Balaban J connectivity index is 2.21. The van der Waals surface area contributed by atoms with Gasteiger partial charge in [-0.15, -0.1) is 5.92 Å². The summed E-state index contributed by atoms with van der Waals surface area (Å²) in [4.78, 5) is 16.6. The summed E-state index contributed by atoms with van der Waals surface area (Å²) in [6.07, 6.45) is -3.10. The molecule has 8 nitrogen and oxygen atoms in total. The number of nitrogen functional groups attached to an aromatic ring is 1. The second kappa shape index (κ2) is 5.54. The molecule has 1 aliphatic heterocycles. The van der Waals surface area contributed by atoms with Crippen molar-refractivity contribution < 1.29 is 17.7 Å². The van der Waals surface area contributed by atoms with Gasteiger partial charge < -0.3 is 25.3 Å². The van der Waals surface area contributed by atoms with Crippen molar-refractivity contribution in [1.29, 1.82) is 0 Å². The molecule has 0 aliphatic carbocycles. The van der Waals surface area contributed by atoms with Crippen LogP contribution in [-0.2, 0) is 4.74 Å². The smallest absolute Gasteiger partial charge is 0.261 e. The first-order chi connectivity index (χ1) is 11.6. The van der Waals surface area contributed by atoms with Crippen molar-refractivity contribution in [3.05, 3.63) is 22.6 Å². The minimum atomic E-state index is -2.86. The first-order valence-corrected chi connectivity index (χ1v) is 7.02. The highest BCUT2D eigenvalue weighted by Crippen LogP contribution is 2.44. The fourth-order valence-corrected chi connectivity index (χ4v) is 2.99. The number of hydrogen-bond donors (Lipinski definition) is 4. The number of rotatable bonds is 2. The number of hydrogen-bond acceptors (Lipinski definition) is 6. The molecule has 0 saturated carbocycles. The van der Waals surface area contributed by atoms with Crippen LogP contribution in [-0.4, -0.2) is 48.4 Å². The van der Waals surface area contributed by atoms with Crippen LogP contribution in [0.25, 0.3) is 11.0 Å². The zero-order valence-corrected chi connectivity index (χ0v) is 12.7. The second-order valence-corrected chi connectivity index (χ2v) is 5.66. The molecule has 3 rings (SSSR count). The summed E-state index contributed by atoms with van der Waals surface area (Å²) in [5.41, 5.74) is 5.22. The molecule has 9 heteroatoms. The Bertz CT molecular complexity index is 944. The summed E-state index contributed by atoms with van der Waals surface area (Å²) < 4.78 is 21.7. The summed E-state index contributed by atoms with van der Waals surface area (Å²) >= 11 is 6.47. The largest absolute Gasteiger partial charge is 0.394 e. The third kappa shape index (κ3) is 2.29. The predicted octanol–water partition coefficient (Wildman–Crippen LogP) is -0.442. The van der Waals surface area contributed by atoms with Crippen LogP contribution >= 0.6 is 11.6 Å². The average Bonchev–Trinajstić information content (AvgIpc) is 3.00. The van der Waals surface area contributed by atoms with E-state index in [4.69, 9.17) is 24.8 Å². The molecule has 1 aliphatic rings. The minimum Gasteiger partial charge on any atom is -0.394 e. The number of H-pyrrole nitrogens is 1. The number of aliphatic hydroxyl groups is 2. The van der Waals surface area contributed by atoms with E-state index in [9.17, 15) is 15.0 Å². The van der Waals surface area contributed by atoms with Crippen molar-refractivity contribution >= 4 is 28.6 Å². The molecule has 5 N–H and O–H groups in total. The Hall–Kier alpha value is -2.05. The van der Waals surface area contributed by atoms with E-state index < -0.39 is 35.4 Å². The first kappa shape index (κ1) is 13.4. The number of nitrogens with two attached hydrogens (primary N) is 1. The minimum absolute atomic E-state index is 0.125. The van der Waals surface area contributed by atoms with Gasteiger partial charge in [-0.05, 0) is 13.0 Å². The van der Waals surface area contributed by atoms with Gasteiger partial charge in [0.15, 0.2) is 16.7 Å². The van der Waals surface area contributed by atoms with Gasteiger partial charge in [-0.25, -0.2) is 0 Å². The standard InChI is InChI=1S/C14H15ClN4O4/c1-2-4-14(15)9(21)8(6-20)23-12(14)19-5-3-7-10(19)17-13(16)18-11(7)22/h3,5,8-9,12,20-21H,6H2,1H3,(H3,16,17,18,22)/t8-,9+,12-,14?/m1/s1/i6D2. The molecule has 0 aromatic carbocycles. The van der Waals surface area contributed by atoms with E-state index in [1.54, 1.807) is 0 Å². The third-order valence-corrected chi connectivity index (χ3v) is 4.15. The molecule has 122 valence electrons. The van der Waals surface area contributed by atoms with Crippen LogP contribution in [0.3, 0.4) is 0 Å². The molecular formula is C14H15ClN4O4. The molecule has 1 unspecified atom stereocenters. The zero-order chi connectivity index (χ0) is 18.6. The predicted molar refractivity (Wildman–Crippen MR) is 83.8 cm³/mol. The second-order valence-electron chi connectivity index (χ2n) is 5.04. The molecule has 1 saturated heterocycles. The number of aliphatic hydroxyl groups excluding tert-OH is 1. The number of nitrogens with zero attached hydrogens (tertiary/aromatic N) is 2. The van der Waals surface area contributed by atoms with Gasteiger partial charge in [0.05, 0.1) is 14.7 Å². The number of aromatic nitrogens is 3. The van der Waals surface area contributed by atoms with Crippen LogP contribution in [0.2, 0.25) is 0 Å².